The Bertz CT molecular complexity index is 295. The van der Waals surface area contributed by atoms with Gasteiger partial charge in [-0.3, -0.25) is 0 Å². The van der Waals surface area contributed by atoms with Crippen LogP contribution in [0.15, 0.2) is 5.16 Å². The van der Waals surface area contributed by atoms with E-state index in [-0.39, 0.29) is 17.3 Å². The summed E-state index contributed by atoms with van der Waals surface area (Å²) in [5.41, 5.74) is 4.15. The van der Waals surface area contributed by atoms with E-state index < -0.39 is 15.4 Å². The van der Waals surface area contributed by atoms with E-state index in [1.807, 2.05) is 0 Å². The highest BCUT2D eigenvalue weighted by Gasteiger charge is 2.52. The summed E-state index contributed by atoms with van der Waals surface area (Å²) in [6.45, 7) is 0. The Morgan fingerprint density at radius 3 is 2.42 bits per heavy atom. The molecule has 0 amide bonds. The van der Waals surface area contributed by atoms with Gasteiger partial charge in [0.1, 0.15) is 0 Å². The zero-order chi connectivity index (χ0) is 9.41. The van der Waals surface area contributed by atoms with Crippen LogP contribution in [0.25, 0.3) is 0 Å². The summed E-state index contributed by atoms with van der Waals surface area (Å²) < 4.78 is 26.5. The first-order chi connectivity index (χ1) is 5.46. The topological polar surface area (TPSA) is 102 Å². The molecule has 0 aromatic rings. The molecule has 3 N–H and O–H groups in total. The molecule has 0 aliphatic carbocycles. The van der Waals surface area contributed by atoms with Crippen molar-refractivity contribution >= 4 is 15.7 Å². The van der Waals surface area contributed by atoms with Gasteiger partial charge in [0.2, 0.25) is 0 Å². The van der Waals surface area contributed by atoms with Crippen LogP contribution in [-0.4, -0.2) is 43.7 Å². The van der Waals surface area contributed by atoms with Gasteiger partial charge < -0.3 is 15.7 Å². The molecule has 6 nitrogen and oxygen atoms in total. The number of nitrogens with two attached hydrogens (primary N) is 1. The number of amidine groups is 1. The second-order valence-electron chi connectivity index (χ2n) is 2.72. The molecule has 1 aliphatic heterocycles. The van der Waals surface area contributed by atoms with Gasteiger partial charge in [0.15, 0.2) is 21.3 Å². The van der Waals surface area contributed by atoms with Gasteiger partial charge in [-0.25, -0.2) is 8.42 Å². The highest BCUT2D eigenvalue weighted by atomic mass is 32.2. The normalized spacial score (nSPS) is 26.2. The average molecular weight is 194 g/mol. The minimum absolute atomic E-state index is 0.195. The maximum Gasteiger partial charge on any atom is 0.173 e. The number of nitrogens with zero attached hydrogens (tertiary/aromatic N) is 1. The molecule has 0 unspecified atom stereocenters. The van der Waals surface area contributed by atoms with Gasteiger partial charge in [0, 0.05) is 7.11 Å². The van der Waals surface area contributed by atoms with Crippen molar-refractivity contribution in [1.82, 2.24) is 0 Å². The lowest BCUT2D eigenvalue weighted by atomic mass is 10.1. The summed E-state index contributed by atoms with van der Waals surface area (Å²) in [4.78, 5) is 0. The van der Waals surface area contributed by atoms with Crippen molar-refractivity contribution in [2.24, 2.45) is 10.9 Å². The van der Waals surface area contributed by atoms with Crippen LogP contribution in [0.5, 0.6) is 0 Å². The van der Waals surface area contributed by atoms with Gasteiger partial charge in [0.25, 0.3) is 0 Å². The molecule has 0 aromatic heterocycles. The van der Waals surface area contributed by atoms with Crippen LogP contribution in [0.4, 0.5) is 0 Å². The number of sulfone groups is 1. The number of ether oxygens (including phenoxy) is 1. The smallest absolute Gasteiger partial charge is 0.173 e. The van der Waals surface area contributed by atoms with Gasteiger partial charge in [-0.15, -0.1) is 0 Å². The molecule has 7 heteroatoms. The zero-order valence-electron chi connectivity index (χ0n) is 6.52. The quantitative estimate of drug-likeness (QED) is 0.242. The molecule has 0 bridgehead atoms. The number of hydrogen-bond acceptors (Lipinski definition) is 5. The van der Waals surface area contributed by atoms with Crippen LogP contribution < -0.4 is 5.73 Å². The van der Waals surface area contributed by atoms with Gasteiger partial charge in [0.05, 0.1) is 11.5 Å². The van der Waals surface area contributed by atoms with Crippen LogP contribution in [-0.2, 0) is 14.6 Å². The highest BCUT2D eigenvalue weighted by molar-refractivity contribution is 7.93. The van der Waals surface area contributed by atoms with Gasteiger partial charge in [-0.05, 0) is 0 Å². The Morgan fingerprint density at radius 1 is 1.67 bits per heavy atom. The maximum absolute atomic E-state index is 10.8. The van der Waals surface area contributed by atoms with E-state index in [9.17, 15) is 8.42 Å². The molecule has 0 radical (unpaired) electrons. The number of rotatable bonds is 2. The molecule has 0 aromatic carbocycles. The summed E-state index contributed by atoms with van der Waals surface area (Å²) in [5, 5.41) is 11.0. The lowest BCUT2D eigenvalue weighted by molar-refractivity contribution is 0.0711. The second kappa shape index (κ2) is 2.60. The molecule has 0 saturated carbocycles. The van der Waals surface area contributed by atoms with Crippen molar-refractivity contribution in [2.45, 2.75) is 5.60 Å². The lowest BCUT2D eigenvalue weighted by Gasteiger charge is -2.37. The SMILES string of the molecule is COC1(/C(N)=N/O)CS(=O)(=O)C1. The average Bonchev–Trinajstić information content (AvgIpc) is 1.97. The minimum Gasteiger partial charge on any atom is -0.409 e. The molecule has 1 rings (SSSR count). The molecule has 70 valence electrons. The molecular formula is C5H10N2O4S. The Balaban J connectivity index is 2.85. The fourth-order valence-corrected chi connectivity index (χ4v) is 3.00. The predicted molar refractivity (Wildman–Crippen MR) is 41.8 cm³/mol. The molecule has 1 aliphatic rings. The van der Waals surface area contributed by atoms with E-state index >= 15 is 0 Å². The first-order valence-electron chi connectivity index (χ1n) is 3.19. The van der Waals surface area contributed by atoms with E-state index in [1.54, 1.807) is 0 Å². The fraction of sp³-hybridized carbons (Fsp3) is 0.800. The minimum atomic E-state index is -3.05. The van der Waals surface area contributed by atoms with E-state index in [0.29, 0.717) is 0 Å². The van der Waals surface area contributed by atoms with Crippen molar-refractivity contribution in [3.05, 3.63) is 0 Å². The van der Waals surface area contributed by atoms with Gasteiger partial charge in [-0.2, -0.15) is 0 Å². The van der Waals surface area contributed by atoms with Crippen LogP contribution in [0.2, 0.25) is 0 Å². The molecule has 12 heavy (non-hydrogen) atoms. The zero-order valence-corrected chi connectivity index (χ0v) is 7.34. The summed E-state index contributed by atoms with van der Waals surface area (Å²) in [5.74, 6) is -0.626. The summed E-state index contributed by atoms with van der Waals surface area (Å²) in [6, 6.07) is 0. The predicted octanol–water partition coefficient (Wildman–Crippen LogP) is -1.45. The van der Waals surface area contributed by atoms with E-state index in [1.165, 1.54) is 7.11 Å². The number of methoxy groups -OCH3 is 1. The number of hydrogen-bond donors (Lipinski definition) is 2. The van der Waals surface area contributed by atoms with Crippen molar-refractivity contribution in [2.75, 3.05) is 18.6 Å². The molecule has 0 spiro atoms. The second-order valence-corrected chi connectivity index (χ2v) is 4.78. The van der Waals surface area contributed by atoms with Crippen molar-refractivity contribution in [3.8, 4) is 0 Å². The third-order valence-corrected chi connectivity index (χ3v) is 3.68. The van der Waals surface area contributed by atoms with Gasteiger partial charge in [-0.1, -0.05) is 5.16 Å². The van der Waals surface area contributed by atoms with Crippen LogP contribution in [0, 0.1) is 0 Å². The Kier molecular flexibility index (Phi) is 2.01. The first kappa shape index (κ1) is 9.27. The highest BCUT2D eigenvalue weighted by Crippen LogP contribution is 2.27. The Hall–Kier alpha value is -0.820. The summed E-state index contributed by atoms with van der Waals surface area (Å²) in [6.07, 6.45) is 0. The lowest BCUT2D eigenvalue weighted by Crippen LogP contribution is -2.63. The molecule has 1 saturated heterocycles. The number of oxime groups is 1. The molecule has 0 atom stereocenters. The molecule has 1 fully saturated rings. The van der Waals surface area contributed by atoms with Crippen LogP contribution in [0.1, 0.15) is 0 Å². The Labute approximate surface area is 69.9 Å². The van der Waals surface area contributed by atoms with Gasteiger partial charge >= 0.3 is 0 Å². The van der Waals surface area contributed by atoms with E-state index in [4.69, 9.17) is 15.7 Å². The fourth-order valence-electron chi connectivity index (χ4n) is 1.13. The summed E-state index contributed by atoms with van der Waals surface area (Å²) in [7, 11) is -1.73. The summed E-state index contributed by atoms with van der Waals surface area (Å²) >= 11 is 0. The third kappa shape index (κ3) is 1.25. The molecular weight excluding hydrogens is 184 g/mol. The monoisotopic (exact) mass is 194 g/mol. The molecule has 1 heterocycles. The third-order valence-electron chi connectivity index (χ3n) is 1.87. The maximum atomic E-state index is 10.8. The van der Waals surface area contributed by atoms with E-state index in [0.717, 1.165) is 0 Å². The van der Waals surface area contributed by atoms with Crippen LogP contribution >= 0.6 is 0 Å². The van der Waals surface area contributed by atoms with E-state index in [2.05, 4.69) is 5.16 Å². The first-order valence-corrected chi connectivity index (χ1v) is 5.01. The Morgan fingerprint density at radius 2 is 2.17 bits per heavy atom. The van der Waals surface area contributed by atoms with Crippen LogP contribution in [0.3, 0.4) is 0 Å². The standard InChI is InChI=1S/C5H10N2O4S/c1-11-5(4(6)7-8)2-12(9,10)3-5/h8H,2-3H2,1H3,(H2,6,7). The van der Waals surface area contributed by atoms with Crippen molar-refractivity contribution < 1.29 is 18.4 Å². The largest absolute Gasteiger partial charge is 0.409 e. The van der Waals surface area contributed by atoms with Crippen molar-refractivity contribution in [3.63, 3.8) is 0 Å². The van der Waals surface area contributed by atoms with Crippen molar-refractivity contribution in [1.29, 1.82) is 0 Å².